The van der Waals surface area contributed by atoms with Crippen LogP contribution in [0.25, 0.3) is 11.6 Å². The predicted octanol–water partition coefficient (Wildman–Crippen LogP) is 1.26. The third-order valence-corrected chi connectivity index (χ3v) is 2.49. The first-order chi connectivity index (χ1) is 8.24. The minimum absolute atomic E-state index is 0.457. The molecule has 0 saturated carbocycles. The smallest absolute Gasteiger partial charge is 0.197 e. The van der Waals surface area contributed by atoms with Gasteiger partial charge in [0.25, 0.3) is 0 Å². The van der Waals surface area contributed by atoms with Crippen molar-refractivity contribution in [1.82, 2.24) is 19.9 Å². The van der Waals surface area contributed by atoms with Gasteiger partial charge in [-0.3, -0.25) is 0 Å². The van der Waals surface area contributed by atoms with E-state index in [2.05, 4.69) is 19.9 Å². The SMILES string of the molecule is CCc1nc(-c2ncc(C)cn2)ncc1CN. The van der Waals surface area contributed by atoms with Gasteiger partial charge in [-0.05, 0) is 18.9 Å². The summed E-state index contributed by atoms with van der Waals surface area (Å²) in [5, 5.41) is 0. The third kappa shape index (κ3) is 2.45. The van der Waals surface area contributed by atoms with Crippen LogP contribution in [0.3, 0.4) is 0 Å². The molecule has 5 nitrogen and oxygen atoms in total. The number of nitrogens with zero attached hydrogens (tertiary/aromatic N) is 4. The molecule has 0 amide bonds. The highest BCUT2D eigenvalue weighted by atomic mass is 15.0. The number of hydrogen-bond donors (Lipinski definition) is 1. The van der Waals surface area contributed by atoms with E-state index in [1.165, 1.54) is 0 Å². The quantitative estimate of drug-likeness (QED) is 0.857. The normalized spacial score (nSPS) is 10.5. The Morgan fingerprint density at radius 3 is 2.29 bits per heavy atom. The fourth-order valence-corrected chi connectivity index (χ4v) is 1.53. The van der Waals surface area contributed by atoms with E-state index < -0.39 is 0 Å². The van der Waals surface area contributed by atoms with Gasteiger partial charge in [-0.2, -0.15) is 0 Å². The van der Waals surface area contributed by atoms with E-state index in [4.69, 9.17) is 5.73 Å². The maximum atomic E-state index is 5.62. The summed E-state index contributed by atoms with van der Waals surface area (Å²) in [5.74, 6) is 1.10. The van der Waals surface area contributed by atoms with E-state index in [1.807, 2.05) is 13.8 Å². The highest BCUT2D eigenvalue weighted by Gasteiger charge is 2.08. The first kappa shape index (κ1) is 11.6. The molecule has 0 atom stereocenters. The van der Waals surface area contributed by atoms with Crippen molar-refractivity contribution in [2.75, 3.05) is 0 Å². The first-order valence-corrected chi connectivity index (χ1v) is 5.58. The molecule has 0 aliphatic carbocycles. The summed E-state index contributed by atoms with van der Waals surface area (Å²) in [5.41, 5.74) is 8.58. The summed E-state index contributed by atoms with van der Waals surface area (Å²) in [6, 6.07) is 0. The molecule has 2 aromatic heterocycles. The van der Waals surface area contributed by atoms with Crippen LogP contribution in [0.15, 0.2) is 18.6 Å². The van der Waals surface area contributed by atoms with Gasteiger partial charge in [0.2, 0.25) is 0 Å². The number of aryl methyl sites for hydroxylation is 2. The molecule has 0 aliphatic rings. The Bertz CT molecular complexity index is 507. The molecular formula is C12H15N5. The molecule has 2 aromatic rings. The van der Waals surface area contributed by atoms with E-state index in [9.17, 15) is 0 Å². The number of rotatable bonds is 3. The lowest BCUT2D eigenvalue weighted by atomic mass is 10.2. The maximum absolute atomic E-state index is 5.62. The zero-order valence-electron chi connectivity index (χ0n) is 10.0. The van der Waals surface area contributed by atoms with E-state index in [1.54, 1.807) is 18.6 Å². The molecule has 17 heavy (non-hydrogen) atoms. The lowest BCUT2D eigenvalue weighted by Gasteiger charge is -2.06. The summed E-state index contributed by atoms with van der Waals surface area (Å²) < 4.78 is 0. The second kappa shape index (κ2) is 4.97. The molecule has 2 rings (SSSR count). The van der Waals surface area contributed by atoms with Crippen molar-refractivity contribution in [2.45, 2.75) is 26.8 Å². The zero-order chi connectivity index (χ0) is 12.3. The van der Waals surface area contributed by atoms with Gasteiger partial charge in [0.05, 0.1) is 0 Å². The molecule has 0 aromatic carbocycles. The largest absolute Gasteiger partial charge is 0.326 e. The molecule has 0 radical (unpaired) electrons. The highest BCUT2D eigenvalue weighted by Crippen LogP contribution is 2.12. The van der Waals surface area contributed by atoms with Gasteiger partial charge < -0.3 is 5.73 Å². The Morgan fingerprint density at radius 1 is 1.06 bits per heavy atom. The van der Waals surface area contributed by atoms with Gasteiger partial charge in [-0.1, -0.05) is 6.92 Å². The molecule has 2 heterocycles. The monoisotopic (exact) mass is 229 g/mol. The van der Waals surface area contributed by atoms with Gasteiger partial charge in [-0.25, -0.2) is 19.9 Å². The van der Waals surface area contributed by atoms with Crippen LogP contribution in [0.2, 0.25) is 0 Å². The Hall–Kier alpha value is -1.88. The average molecular weight is 229 g/mol. The molecule has 0 unspecified atom stereocenters. The number of aromatic nitrogens is 4. The van der Waals surface area contributed by atoms with Crippen LogP contribution in [-0.4, -0.2) is 19.9 Å². The molecule has 0 fully saturated rings. The second-order valence-electron chi connectivity index (χ2n) is 3.81. The van der Waals surface area contributed by atoms with Gasteiger partial charge in [-0.15, -0.1) is 0 Å². The molecule has 88 valence electrons. The van der Waals surface area contributed by atoms with Gasteiger partial charge in [0, 0.05) is 36.4 Å². The van der Waals surface area contributed by atoms with E-state index in [0.29, 0.717) is 18.2 Å². The Balaban J connectivity index is 2.42. The molecule has 0 aliphatic heterocycles. The number of hydrogen-bond acceptors (Lipinski definition) is 5. The number of nitrogens with two attached hydrogens (primary N) is 1. The highest BCUT2D eigenvalue weighted by molar-refractivity contribution is 5.43. The fraction of sp³-hybridized carbons (Fsp3) is 0.333. The van der Waals surface area contributed by atoms with Crippen molar-refractivity contribution in [3.8, 4) is 11.6 Å². The van der Waals surface area contributed by atoms with E-state index in [-0.39, 0.29) is 0 Å². The summed E-state index contributed by atoms with van der Waals surface area (Å²) >= 11 is 0. The molecule has 5 heteroatoms. The van der Waals surface area contributed by atoms with Crippen molar-refractivity contribution >= 4 is 0 Å². The van der Waals surface area contributed by atoms with Crippen LogP contribution in [-0.2, 0) is 13.0 Å². The predicted molar refractivity (Wildman–Crippen MR) is 65.1 cm³/mol. The fourth-order valence-electron chi connectivity index (χ4n) is 1.53. The lowest BCUT2D eigenvalue weighted by Crippen LogP contribution is -2.06. The standard InChI is InChI=1S/C12H15N5/c1-3-10-9(4-13)7-16-12(17-10)11-14-5-8(2)6-15-11/h5-7H,3-4,13H2,1-2H3. The average Bonchev–Trinajstić information content (AvgIpc) is 2.39. The summed E-state index contributed by atoms with van der Waals surface area (Å²) in [6.45, 7) is 4.44. The minimum Gasteiger partial charge on any atom is -0.326 e. The van der Waals surface area contributed by atoms with Crippen molar-refractivity contribution < 1.29 is 0 Å². The van der Waals surface area contributed by atoms with Crippen LogP contribution >= 0.6 is 0 Å². The van der Waals surface area contributed by atoms with E-state index >= 15 is 0 Å². The summed E-state index contributed by atoms with van der Waals surface area (Å²) in [4.78, 5) is 17.1. The van der Waals surface area contributed by atoms with Crippen LogP contribution in [0.4, 0.5) is 0 Å². The molecule has 0 bridgehead atoms. The summed E-state index contributed by atoms with van der Waals surface area (Å²) in [7, 11) is 0. The van der Waals surface area contributed by atoms with E-state index in [0.717, 1.165) is 23.2 Å². The Kier molecular flexibility index (Phi) is 3.39. The first-order valence-electron chi connectivity index (χ1n) is 5.58. The summed E-state index contributed by atoms with van der Waals surface area (Å²) in [6.07, 6.45) is 6.10. The van der Waals surface area contributed by atoms with Crippen molar-refractivity contribution in [2.24, 2.45) is 5.73 Å². The van der Waals surface area contributed by atoms with Gasteiger partial charge >= 0.3 is 0 Å². The second-order valence-corrected chi connectivity index (χ2v) is 3.81. The zero-order valence-corrected chi connectivity index (χ0v) is 10.0. The Morgan fingerprint density at radius 2 is 1.71 bits per heavy atom. The van der Waals surface area contributed by atoms with Crippen molar-refractivity contribution in [3.63, 3.8) is 0 Å². The maximum Gasteiger partial charge on any atom is 0.197 e. The van der Waals surface area contributed by atoms with Crippen LogP contribution < -0.4 is 5.73 Å². The third-order valence-electron chi connectivity index (χ3n) is 2.49. The molecule has 2 N–H and O–H groups in total. The Labute approximate surface area is 100 Å². The van der Waals surface area contributed by atoms with Crippen LogP contribution in [0.5, 0.6) is 0 Å². The van der Waals surface area contributed by atoms with Crippen LogP contribution in [0, 0.1) is 6.92 Å². The topological polar surface area (TPSA) is 77.6 Å². The molecular weight excluding hydrogens is 214 g/mol. The van der Waals surface area contributed by atoms with Gasteiger partial charge in [0.15, 0.2) is 11.6 Å². The lowest BCUT2D eigenvalue weighted by molar-refractivity contribution is 0.909. The van der Waals surface area contributed by atoms with Crippen molar-refractivity contribution in [3.05, 3.63) is 35.4 Å². The van der Waals surface area contributed by atoms with Crippen molar-refractivity contribution in [1.29, 1.82) is 0 Å². The molecule has 0 saturated heterocycles. The minimum atomic E-state index is 0.457. The molecule has 0 spiro atoms. The van der Waals surface area contributed by atoms with Gasteiger partial charge in [0.1, 0.15) is 0 Å². The van der Waals surface area contributed by atoms with Crippen LogP contribution in [0.1, 0.15) is 23.7 Å².